The minimum Gasteiger partial charge on any atom is -0.326 e. The molecule has 0 radical (unpaired) electrons. The Bertz CT molecular complexity index is 571. The van der Waals surface area contributed by atoms with Crippen molar-refractivity contribution in [2.75, 3.05) is 6.54 Å². The summed E-state index contributed by atoms with van der Waals surface area (Å²) < 4.78 is 27.2. The zero-order chi connectivity index (χ0) is 14.8. The molecule has 1 fully saturated rings. The van der Waals surface area contributed by atoms with Crippen molar-refractivity contribution in [2.24, 2.45) is 11.7 Å². The molecule has 0 amide bonds. The van der Waals surface area contributed by atoms with Crippen LogP contribution in [0.1, 0.15) is 31.7 Å². The van der Waals surface area contributed by atoms with Gasteiger partial charge in [-0.3, -0.25) is 0 Å². The fourth-order valence-corrected chi connectivity index (χ4v) is 3.79. The fourth-order valence-electron chi connectivity index (χ4n) is 2.17. The normalized spacial score (nSPS) is 17.1. The predicted octanol–water partition coefficient (Wildman–Crippen LogP) is 2.31. The molecule has 1 saturated carbocycles. The van der Waals surface area contributed by atoms with Crippen LogP contribution in [0.4, 0.5) is 0 Å². The van der Waals surface area contributed by atoms with E-state index in [0.29, 0.717) is 5.92 Å². The van der Waals surface area contributed by atoms with Gasteiger partial charge in [0, 0.05) is 12.6 Å². The number of rotatable bonds is 7. The van der Waals surface area contributed by atoms with E-state index in [0.717, 1.165) is 31.2 Å². The highest BCUT2D eigenvalue weighted by Gasteiger charge is 2.29. The van der Waals surface area contributed by atoms with Gasteiger partial charge < -0.3 is 5.73 Å². The van der Waals surface area contributed by atoms with Gasteiger partial charge in [0.1, 0.15) is 4.90 Å². The van der Waals surface area contributed by atoms with Crippen molar-refractivity contribution in [1.29, 1.82) is 0 Å². The van der Waals surface area contributed by atoms with Gasteiger partial charge in [0.2, 0.25) is 10.0 Å². The lowest BCUT2D eigenvalue weighted by molar-refractivity contribution is 0.547. The molecule has 1 aromatic carbocycles. The molecule has 3 N–H and O–H groups in total. The lowest BCUT2D eigenvalue weighted by Gasteiger charge is -2.13. The Morgan fingerprint density at radius 2 is 2.15 bits per heavy atom. The van der Waals surface area contributed by atoms with Crippen LogP contribution in [-0.4, -0.2) is 21.0 Å². The van der Waals surface area contributed by atoms with Crippen molar-refractivity contribution in [2.45, 2.75) is 43.5 Å². The first-order valence-electron chi connectivity index (χ1n) is 6.97. The maximum Gasteiger partial charge on any atom is 0.242 e. The molecular weight excluding hydrogens is 296 g/mol. The van der Waals surface area contributed by atoms with E-state index in [-0.39, 0.29) is 22.5 Å². The Labute approximate surface area is 125 Å². The number of sulfonamides is 1. The van der Waals surface area contributed by atoms with Gasteiger partial charge in [-0.2, -0.15) is 0 Å². The average Bonchev–Trinajstić information content (AvgIpc) is 3.23. The van der Waals surface area contributed by atoms with Gasteiger partial charge in [0.25, 0.3) is 0 Å². The lowest BCUT2D eigenvalue weighted by Crippen LogP contribution is -2.38. The molecule has 20 heavy (non-hydrogen) atoms. The van der Waals surface area contributed by atoms with Crippen molar-refractivity contribution < 1.29 is 8.42 Å². The summed E-state index contributed by atoms with van der Waals surface area (Å²) >= 11 is 6.02. The van der Waals surface area contributed by atoms with Crippen LogP contribution >= 0.6 is 11.6 Å². The molecule has 4 nitrogen and oxygen atoms in total. The Hall–Kier alpha value is -0.620. The number of halogens is 1. The molecule has 0 bridgehead atoms. The standard InChI is InChI=1S/C14H21ClN2O2S/c1-2-3-10-4-7-12(15)14(8-10)20(18,19)17-9-13(16)11-5-6-11/h4,7-8,11,13,17H,2-3,5-6,9,16H2,1H3. The van der Waals surface area contributed by atoms with Gasteiger partial charge >= 0.3 is 0 Å². The smallest absolute Gasteiger partial charge is 0.242 e. The summed E-state index contributed by atoms with van der Waals surface area (Å²) in [7, 11) is -3.59. The van der Waals surface area contributed by atoms with Gasteiger partial charge in [-0.15, -0.1) is 0 Å². The molecule has 0 aliphatic heterocycles. The zero-order valence-corrected chi connectivity index (χ0v) is 13.2. The van der Waals surface area contributed by atoms with Crippen LogP contribution in [0.3, 0.4) is 0 Å². The van der Waals surface area contributed by atoms with E-state index < -0.39 is 10.0 Å². The third kappa shape index (κ3) is 3.95. The van der Waals surface area contributed by atoms with Crippen molar-refractivity contribution >= 4 is 21.6 Å². The van der Waals surface area contributed by atoms with Crippen LogP contribution in [0.25, 0.3) is 0 Å². The Morgan fingerprint density at radius 3 is 2.75 bits per heavy atom. The largest absolute Gasteiger partial charge is 0.326 e. The minimum absolute atomic E-state index is 0.109. The Balaban J connectivity index is 2.12. The molecule has 0 saturated heterocycles. The van der Waals surface area contributed by atoms with Crippen molar-refractivity contribution in [3.63, 3.8) is 0 Å². The topological polar surface area (TPSA) is 72.2 Å². The summed E-state index contributed by atoms with van der Waals surface area (Å²) in [4.78, 5) is 0.146. The second-order valence-electron chi connectivity index (χ2n) is 5.37. The van der Waals surface area contributed by atoms with Crippen LogP contribution in [0, 0.1) is 5.92 Å². The van der Waals surface area contributed by atoms with E-state index in [4.69, 9.17) is 17.3 Å². The molecule has 1 aliphatic rings. The molecular formula is C14H21ClN2O2S. The van der Waals surface area contributed by atoms with Crippen LogP contribution < -0.4 is 10.5 Å². The summed E-state index contributed by atoms with van der Waals surface area (Å²) in [6.07, 6.45) is 3.98. The van der Waals surface area contributed by atoms with E-state index in [9.17, 15) is 8.42 Å². The van der Waals surface area contributed by atoms with Gasteiger partial charge in [0.15, 0.2) is 0 Å². The molecule has 1 aromatic rings. The van der Waals surface area contributed by atoms with Crippen LogP contribution in [0.5, 0.6) is 0 Å². The molecule has 0 spiro atoms. The highest BCUT2D eigenvalue weighted by Crippen LogP contribution is 2.31. The van der Waals surface area contributed by atoms with Crippen LogP contribution in [0.2, 0.25) is 5.02 Å². The molecule has 1 atom stereocenters. The number of aryl methyl sites for hydroxylation is 1. The van der Waals surface area contributed by atoms with Crippen LogP contribution in [0.15, 0.2) is 23.1 Å². The first-order chi connectivity index (χ1) is 9.44. The van der Waals surface area contributed by atoms with Gasteiger partial charge in [-0.05, 0) is 42.9 Å². The zero-order valence-electron chi connectivity index (χ0n) is 11.6. The first kappa shape index (κ1) is 15.8. The van der Waals surface area contributed by atoms with Gasteiger partial charge in [-0.25, -0.2) is 13.1 Å². The number of nitrogens with one attached hydrogen (secondary N) is 1. The summed E-state index contributed by atoms with van der Waals surface area (Å²) in [5, 5.41) is 0.248. The maximum atomic E-state index is 12.3. The first-order valence-corrected chi connectivity index (χ1v) is 8.84. The summed E-state index contributed by atoms with van der Waals surface area (Å²) in [6, 6.07) is 5.04. The number of nitrogens with two attached hydrogens (primary N) is 1. The van der Waals surface area contributed by atoms with Gasteiger partial charge in [0.05, 0.1) is 5.02 Å². The molecule has 0 aromatic heterocycles. The van der Waals surface area contributed by atoms with Crippen LogP contribution in [-0.2, 0) is 16.4 Å². The van der Waals surface area contributed by atoms with Crippen molar-refractivity contribution in [1.82, 2.24) is 4.72 Å². The van der Waals surface area contributed by atoms with E-state index in [1.54, 1.807) is 12.1 Å². The summed E-state index contributed by atoms with van der Waals surface area (Å²) in [5.41, 5.74) is 6.90. The average molecular weight is 317 g/mol. The molecule has 6 heteroatoms. The molecule has 2 rings (SSSR count). The van der Waals surface area contributed by atoms with E-state index in [2.05, 4.69) is 11.6 Å². The second-order valence-corrected chi connectivity index (χ2v) is 7.51. The van der Waals surface area contributed by atoms with E-state index in [1.807, 2.05) is 6.07 Å². The third-order valence-corrected chi connectivity index (χ3v) is 5.47. The SMILES string of the molecule is CCCc1ccc(Cl)c(S(=O)(=O)NCC(N)C2CC2)c1. The van der Waals surface area contributed by atoms with Crippen molar-refractivity contribution in [3.05, 3.63) is 28.8 Å². The van der Waals surface area contributed by atoms with Crippen molar-refractivity contribution in [3.8, 4) is 0 Å². The maximum absolute atomic E-state index is 12.3. The molecule has 112 valence electrons. The third-order valence-electron chi connectivity index (χ3n) is 3.56. The summed E-state index contributed by atoms with van der Waals surface area (Å²) in [6.45, 7) is 2.32. The molecule has 1 aliphatic carbocycles. The fraction of sp³-hybridized carbons (Fsp3) is 0.571. The minimum atomic E-state index is -3.59. The highest BCUT2D eigenvalue weighted by molar-refractivity contribution is 7.89. The monoisotopic (exact) mass is 316 g/mol. The highest BCUT2D eigenvalue weighted by atomic mass is 35.5. The number of hydrogen-bond donors (Lipinski definition) is 2. The molecule has 1 unspecified atom stereocenters. The Morgan fingerprint density at radius 1 is 1.45 bits per heavy atom. The predicted molar refractivity (Wildman–Crippen MR) is 81.3 cm³/mol. The lowest BCUT2D eigenvalue weighted by atomic mass is 10.1. The van der Waals surface area contributed by atoms with Gasteiger partial charge in [-0.1, -0.05) is 31.0 Å². The number of benzene rings is 1. The molecule has 0 heterocycles. The quantitative estimate of drug-likeness (QED) is 0.810. The van der Waals surface area contributed by atoms with E-state index in [1.165, 1.54) is 0 Å². The van der Waals surface area contributed by atoms with E-state index >= 15 is 0 Å². The number of hydrogen-bond acceptors (Lipinski definition) is 3. The Kier molecular flexibility index (Phi) is 5.07. The summed E-state index contributed by atoms with van der Waals surface area (Å²) in [5.74, 6) is 0.458. The second kappa shape index (κ2) is 6.43.